The zero-order chi connectivity index (χ0) is 15.0. The van der Waals surface area contributed by atoms with Crippen LogP contribution in [0.5, 0.6) is 0 Å². The molecule has 0 fully saturated rings. The third-order valence-corrected chi connectivity index (χ3v) is 3.41. The molecule has 7 heteroatoms. The molecule has 0 saturated carbocycles. The molecule has 2 aromatic heterocycles. The molecule has 2 heterocycles. The molecule has 0 spiro atoms. The smallest absolute Gasteiger partial charge is 0.141 e. The first kappa shape index (κ1) is 13.9. The van der Waals surface area contributed by atoms with E-state index in [0.29, 0.717) is 32.8 Å². The number of anilines is 1. The van der Waals surface area contributed by atoms with Crippen LogP contribution in [-0.4, -0.2) is 14.8 Å². The van der Waals surface area contributed by atoms with E-state index in [4.69, 9.17) is 28.9 Å². The Bertz CT molecular complexity index is 799. The lowest BCUT2D eigenvalue weighted by Crippen LogP contribution is -1.96. The van der Waals surface area contributed by atoms with Gasteiger partial charge in [0.05, 0.1) is 34.5 Å². The lowest BCUT2D eigenvalue weighted by atomic mass is 10.2. The Hall–Kier alpha value is -2.11. The minimum atomic E-state index is -0.419. The molecule has 0 aliphatic heterocycles. The average Bonchev–Trinajstić information content (AvgIpc) is 2.81. The Morgan fingerprint density at radius 3 is 2.62 bits per heavy atom. The van der Waals surface area contributed by atoms with Gasteiger partial charge in [-0.15, -0.1) is 0 Å². The molecule has 0 aliphatic rings. The Morgan fingerprint density at radius 1 is 1.14 bits per heavy atom. The van der Waals surface area contributed by atoms with Crippen LogP contribution in [0.2, 0.25) is 10.0 Å². The summed E-state index contributed by atoms with van der Waals surface area (Å²) in [6.07, 6.45) is 2.73. The van der Waals surface area contributed by atoms with Crippen molar-refractivity contribution in [1.29, 1.82) is 0 Å². The highest BCUT2D eigenvalue weighted by molar-refractivity contribution is 6.35. The van der Waals surface area contributed by atoms with E-state index in [1.165, 1.54) is 16.8 Å². The van der Waals surface area contributed by atoms with E-state index in [2.05, 4.69) is 10.1 Å². The van der Waals surface area contributed by atoms with Gasteiger partial charge in [-0.2, -0.15) is 5.10 Å². The van der Waals surface area contributed by atoms with Gasteiger partial charge < -0.3 is 5.73 Å². The number of pyridine rings is 1. The number of hydrogen-bond acceptors (Lipinski definition) is 3. The Morgan fingerprint density at radius 2 is 1.95 bits per heavy atom. The molecule has 0 atom stereocenters. The molecule has 21 heavy (non-hydrogen) atoms. The van der Waals surface area contributed by atoms with Crippen molar-refractivity contribution in [2.45, 2.75) is 0 Å². The highest BCUT2D eigenvalue weighted by atomic mass is 35.5. The zero-order valence-electron chi connectivity index (χ0n) is 10.6. The predicted octanol–water partition coefficient (Wildman–Crippen LogP) is 3.96. The van der Waals surface area contributed by atoms with E-state index in [1.807, 2.05) is 0 Å². The molecule has 1 aromatic carbocycles. The second kappa shape index (κ2) is 5.35. The lowest BCUT2D eigenvalue weighted by Gasteiger charge is -2.04. The number of nitrogens with zero attached hydrogens (tertiary/aromatic N) is 3. The first-order chi connectivity index (χ1) is 10.0. The van der Waals surface area contributed by atoms with Gasteiger partial charge in [-0.25, -0.2) is 9.07 Å². The normalized spacial score (nSPS) is 10.8. The van der Waals surface area contributed by atoms with Crippen LogP contribution in [0, 0.1) is 5.82 Å². The fourth-order valence-corrected chi connectivity index (χ4v) is 2.39. The molecule has 0 bridgehead atoms. The van der Waals surface area contributed by atoms with Crippen molar-refractivity contribution in [2.75, 3.05) is 5.73 Å². The van der Waals surface area contributed by atoms with Crippen LogP contribution in [0.25, 0.3) is 17.1 Å². The zero-order valence-corrected chi connectivity index (χ0v) is 12.1. The van der Waals surface area contributed by atoms with Crippen LogP contribution < -0.4 is 5.73 Å². The lowest BCUT2D eigenvalue weighted by molar-refractivity contribution is 0.621. The van der Waals surface area contributed by atoms with E-state index >= 15 is 0 Å². The number of nitrogens with two attached hydrogens (primary N) is 1. The number of aromatic nitrogens is 3. The van der Waals surface area contributed by atoms with E-state index in [9.17, 15) is 4.39 Å². The average molecular weight is 323 g/mol. The first-order valence-electron chi connectivity index (χ1n) is 5.97. The van der Waals surface area contributed by atoms with E-state index in [1.54, 1.807) is 24.4 Å². The molecule has 106 valence electrons. The van der Waals surface area contributed by atoms with Crippen molar-refractivity contribution in [3.05, 3.63) is 58.6 Å². The molecule has 3 aromatic rings. The molecule has 4 nitrogen and oxygen atoms in total. The van der Waals surface area contributed by atoms with Gasteiger partial charge in [0.15, 0.2) is 0 Å². The van der Waals surface area contributed by atoms with Gasteiger partial charge in [-0.1, -0.05) is 23.2 Å². The van der Waals surface area contributed by atoms with Gasteiger partial charge in [0.25, 0.3) is 0 Å². The highest BCUT2D eigenvalue weighted by Crippen LogP contribution is 2.28. The van der Waals surface area contributed by atoms with Crippen LogP contribution in [0.1, 0.15) is 0 Å². The molecule has 0 saturated heterocycles. The van der Waals surface area contributed by atoms with Gasteiger partial charge in [0, 0.05) is 5.02 Å². The minimum Gasteiger partial charge on any atom is -0.396 e. The SMILES string of the molecule is Nc1cn(-c2ccc(Cl)cc2Cl)nc1-c1ccc(F)cn1. The van der Waals surface area contributed by atoms with Crippen molar-refractivity contribution < 1.29 is 4.39 Å². The summed E-state index contributed by atoms with van der Waals surface area (Å²) in [6, 6.07) is 7.87. The minimum absolute atomic E-state index is 0.417. The summed E-state index contributed by atoms with van der Waals surface area (Å²) in [5.41, 5.74) is 7.94. The molecule has 2 N–H and O–H groups in total. The standard InChI is InChI=1S/C14H9Cl2FN4/c15-8-1-4-13(10(16)5-8)21-7-11(18)14(20-21)12-3-2-9(17)6-19-12/h1-7H,18H2. The van der Waals surface area contributed by atoms with Crippen molar-refractivity contribution >= 4 is 28.9 Å². The van der Waals surface area contributed by atoms with Crippen LogP contribution in [-0.2, 0) is 0 Å². The molecule has 3 rings (SSSR count). The first-order valence-corrected chi connectivity index (χ1v) is 6.72. The maximum Gasteiger partial charge on any atom is 0.141 e. The predicted molar refractivity (Wildman–Crippen MR) is 81.2 cm³/mol. The van der Waals surface area contributed by atoms with Crippen LogP contribution in [0.4, 0.5) is 10.1 Å². The summed E-state index contributed by atoms with van der Waals surface area (Å²) in [4.78, 5) is 3.97. The van der Waals surface area contributed by atoms with E-state index in [0.717, 1.165) is 6.20 Å². The largest absolute Gasteiger partial charge is 0.396 e. The maximum atomic E-state index is 12.9. The van der Waals surface area contributed by atoms with Crippen molar-refractivity contribution in [1.82, 2.24) is 14.8 Å². The van der Waals surface area contributed by atoms with Crippen LogP contribution in [0.3, 0.4) is 0 Å². The Labute approximate surface area is 129 Å². The summed E-state index contributed by atoms with van der Waals surface area (Å²) < 4.78 is 14.5. The van der Waals surface area contributed by atoms with Gasteiger partial charge in [0.1, 0.15) is 11.5 Å². The quantitative estimate of drug-likeness (QED) is 0.776. The molecule has 0 amide bonds. The topological polar surface area (TPSA) is 56.7 Å². The molecular weight excluding hydrogens is 314 g/mol. The number of rotatable bonds is 2. The fourth-order valence-electron chi connectivity index (χ4n) is 1.89. The van der Waals surface area contributed by atoms with Crippen LogP contribution in [0.15, 0.2) is 42.7 Å². The number of benzene rings is 1. The Balaban J connectivity index is 2.07. The van der Waals surface area contributed by atoms with E-state index < -0.39 is 5.82 Å². The Kier molecular flexibility index (Phi) is 3.53. The van der Waals surface area contributed by atoms with Crippen molar-refractivity contribution in [3.8, 4) is 17.1 Å². The number of halogens is 3. The molecule has 0 radical (unpaired) electrons. The maximum absolute atomic E-state index is 12.9. The summed E-state index contributed by atoms with van der Waals surface area (Å²) in [5.74, 6) is -0.419. The number of nitrogen functional groups attached to an aromatic ring is 1. The van der Waals surface area contributed by atoms with Gasteiger partial charge >= 0.3 is 0 Å². The molecular formula is C14H9Cl2FN4. The summed E-state index contributed by atoms with van der Waals surface area (Å²) in [5, 5.41) is 5.33. The number of hydrogen-bond donors (Lipinski definition) is 1. The molecule has 0 aliphatic carbocycles. The van der Waals surface area contributed by atoms with Crippen molar-refractivity contribution in [2.24, 2.45) is 0 Å². The monoisotopic (exact) mass is 322 g/mol. The second-order valence-electron chi connectivity index (χ2n) is 4.34. The third-order valence-electron chi connectivity index (χ3n) is 2.87. The fraction of sp³-hybridized carbons (Fsp3) is 0. The van der Waals surface area contributed by atoms with Crippen LogP contribution >= 0.6 is 23.2 Å². The third kappa shape index (κ3) is 2.70. The van der Waals surface area contributed by atoms with Gasteiger partial charge in [0.2, 0.25) is 0 Å². The highest BCUT2D eigenvalue weighted by Gasteiger charge is 2.13. The second-order valence-corrected chi connectivity index (χ2v) is 5.18. The summed E-state index contributed by atoms with van der Waals surface area (Å²) in [6.45, 7) is 0. The van der Waals surface area contributed by atoms with Crippen molar-refractivity contribution in [3.63, 3.8) is 0 Å². The summed E-state index contributed by atoms with van der Waals surface area (Å²) in [7, 11) is 0. The molecule has 0 unspecified atom stereocenters. The van der Waals surface area contributed by atoms with Gasteiger partial charge in [-0.3, -0.25) is 4.98 Å². The van der Waals surface area contributed by atoms with E-state index in [-0.39, 0.29) is 0 Å². The summed E-state index contributed by atoms with van der Waals surface area (Å²) >= 11 is 12.0. The van der Waals surface area contributed by atoms with Gasteiger partial charge in [-0.05, 0) is 30.3 Å².